The van der Waals surface area contributed by atoms with E-state index in [1.807, 2.05) is 7.05 Å². The van der Waals surface area contributed by atoms with Crippen LogP contribution in [0.2, 0.25) is 0 Å². The number of methoxy groups -OCH3 is 1. The minimum absolute atomic E-state index is 0.277. The van der Waals surface area contributed by atoms with Crippen molar-refractivity contribution in [3.05, 3.63) is 41.4 Å². The SMILES string of the molecule is C=C(OC)C1CC(C)C=C(CNC)C=C=C1C. The smallest absolute Gasteiger partial charge is 0.0961 e. The number of allylic oxidation sites excluding steroid dienone is 2. The van der Waals surface area contributed by atoms with Gasteiger partial charge in [-0.3, -0.25) is 0 Å². The van der Waals surface area contributed by atoms with Crippen LogP contribution in [0.15, 0.2) is 41.4 Å². The van der Waals surface area contributed by atoms with Crippen molar-refractivity contribution >= 4 is 0 Å². The first kappa shape index (κ1) is 13.8. The Labute approximate surface area is 105 Å². The predicted octanol–water partition coefficient (Wildman–Crippen LogP) is 3.05. The summed E-state index contributed by atoms with van der Waals surface area (Å²) < 4.78 is 5.28. The molecule has 1 aliphatic rings. The summed E-state index contributed by atoms with van der Waals surface area (Å²) in [7, 11) is 3.65. The van der Waals surface area contributed by atoms with Crippen molar-refractivity contribution in [2.45, 2.75) is 20.3 Å². The average molecular weight is 233 g/mol. The summed E-state index contributed by atoms with van der Waals surface area (Å²) in [6.45, 7) is 9.20. The van der Waals surface area contributed by atoms with E-state index in [0.29, 0.717) is 5.92 Å². The second kappa shape index (κ2) is 6.48. The van der Waals surface area contributed by atoms with Crippen LogP contribution < -0.4 is 5.32 Å². The lowest BCUT2D eigenvalue weighted by Crippen LogP contribution is -2.14. The third kappa shape index (κ3) is 3.92. The van der Waals surface area contributed by atoms with Crippen molar-refractivity contribution < 1.29 is 4.74 Å². The van der Waals surface area contributed by atoms with Gasteiger partial charge >= 0.3 is 0 Å². The Morgan fingerprint density at radius 1 is 1.65 bits per heavy atom. The van der Waals surface area contributed by atoms with E-state index in [1.54, 1.807) is 7.11 Å². The summed E-state index contributed by atoms with van der Waals surface area (Å²) >= 11 is 0. The molecule has 2 nitrogen and oxygen atoms in total. The highest BCUT2D eigenvalue weighted by Crippen LogP contribution is 2.28. The van der Waals surface area contributed by atoms with Crippen LogP contribution in [0.4, 0.5) is 0 Å². The lowest BCUT2D eigenvalue weighted by Gasteiger charge is -2.22. The van der Waals surface area contributed by atoms with Crippen LogP contribution >= 0.6 is 0 Å². The quantitative estimate of drug-likeness (QED) is 0.595. The zero-order chi connectivity index (χ0) is 12.8. The zero-order valence-corrected chi connectivity index (χ0v) is 11.3. The molecule has 2 atom stereocenters. The lowest BCUT2D eigenvalue weighted by atomic mass is 9.86. The second-order valence-corrected chi connectivity index (χ2v) is 4.68. The van der Waals surface area contributed by atoms with Gasteiger partial charge < -0.3 is 10.1 Å². The van der Waals surface area contributed by atoms with E-state index >= 15 is 0 Å². The first-order chi connectivity index (χ1) is 8.08. The first-order valence-electron chi connectivity index (χ1n) is 6.09. The zero-order valence-electron chi connectivity index (χ0n) is 11.3. The highest BCUT2D eigenvalue weighted by molar-refractivity contribution is 5.26. The minimum atomic E-state index is 0.277. The molecule has 0 radical (unpaired) electrons. The molecule has 0 aromatic heterocycles. The molecule has 2 heteroatoms. The van der Waals surface area contributed by atoms with Crippen molar-refractivity contribution in [3.8, 4) is 0 Å². The van der Waals surface area contributed by atoms with E-state index in [-0.39, 0.29) is 5.92 Å². The fraction of sp³-hybridized carbons (Fsp3) is 0.533. The van der Waals surface area contributed by atoms with E-state index in [9.17, 15) is 0 Å². The van der Waals surface area contributed by atoms with E-state index in [0.717, 1.165) is 18.7 Å². The molecule has 1 aliphatic carbocycles. The normalized spacial score (nSPS) is 24.5. The Kier molecular flexibility index (Phi) is 5.27. The Hall–Kier alpha value is -1.24. The Bertz CT molecular complexity index is 372. The maximum atomic E-state index is 5.28. The van der Waals surface area contributed by atoms with Gasteiger partial charge in [0.1, 0.15) is 0 Å². The number of ether oxygens (including phenoxy) is 1. The topological polar surface area (TPSA) is 21.3 Å². The summed E-state index contributed by atoms with van der Waals surface area (Å²) in [6, 6.07) is 0. The van der Waals surface area contributed by atoms with Gasteiger partial charge in [-0.1, -0.05) is 19.6 Å². The standard InChI is InChI=1S/C15H23NO/c1-11-8-14(10-16-4)7-6-12(2)15(9-11)13(3)17-5/h7-8,11,15-16H,3,9-10H2,1-2,4-5H3. The Morgan fingerprint density at radius 3 is 2.94 bits per heavy atom. The lowest BCUT2D eigenvalue weighted by molar-refractivity contribution is 0.245. The molecule has 0 fully saturated rings. The van der Waals surface area contributed by atoms with E-state index in [2.05, 4.69) is 43.6 Å². The van der Waals surface area contributed by atoms with Gasteiger partial charge in [0.25, 0.3) is 0 Å². The van der Waals surface area contributed by atoms with E-state index in [4.69, 9.17) is 4.74 Å². The molecule has 0 amide bonds. The summed E-state index contributed by atoms with van der Waals surface area (Å²) in [5, 5.41) is 3.18. The van der Waals surface area contributed by atoms with Crippen molar-refractivity contribution in [3.63, 3.8) is 0 Å². The van der Waals surface area contributed by atoms with Gasteiger partial charge in [-0.2, -0.15) is 0 Å². The summed E-state index contributed by atoms with van der Waals surface area (Å²) in [6.07, 6.45) is 5.40. The van der Waals surface area contributed by atoms with Crippen molar-refractivity contribution in [2.24, 2.45) is 11.8 Å². The molecule has 0 saturated carbocycles. The predicted molar refractivity (Wildman–Crippen MR) is 72.7 cm³/mol. The maximum absolute atomic E-state index is 5.28. The molecule has 0 aromatic carbocycles. The van der Waals surface area contributed by atoms with Crippen molar-refractivity contribution in [2.75, 3.05) is 20.7 Å². The maximum Gasteiger partial charge on any atom is 0.0961 e. The van der Waals surface area contributed by atoms with Gasteiger partial charge in [0.2, 0.25) is 0 Å². The number of hydrogen-bond acceptors (Lipinski definition) is 2. The summed E-state index contributed by atoms with van der Waals surface area (Å²) in [5.74, 6) is 1.63. The van der Waals surface area contributed by atoms with Gasteiger partial charge in [-0.05, 0) is 43.5 Å². The fourth-order valence-electron chi connectivity index (χ4n) is 2.17. The molecule has 1 N–H and O–H groups in total. The largest absolute Gasteiger partial charge is 0.501 e. The molecule has 94 valence electrons. The van der Waals surface area contributed by atoms with Crippen LogP contribution in [-0.4, -0.2) is 20.7 Å². The molecule has 2 unspecified atom stereocenters. The van der Waals surface area contributed by atoms with Gasteiger partial charge in [0.05, 0.1) is 12.9 Å². The number of likely N-dealkylation sites (N-methyl/N-ethyl adjacent to an activating group) is 1. The molecule has 0 bridgehead atoms. The molecule has 17 heavy (non-hydrogen) atoms. The van der Waals surface area contributed by atoms with Crippen LogP contribution in [-0.2, 0) is 4.74 Å². The highest BCUT2D eigenvalue weighted by Gasteiger charge is 2.19. The van der Waals surface area contributed by atoms with E-state index in [1.165, 1.54) is 11.1 Å². The number of rotatable bonds is 4. The number of nitrogens with one attached hydrogen (secondary N) is 1. The van der Waals surface area contributed by atoms with Crippen LogP contribution in [0.5, 0.6) is 0 Å². The van der Waals surface area contributed by atoms with Gasteiger partial charge in [0, 0.05) is 12.5 Å². The van der Waals surface area contributed by atoms with Crippen molar-refractivity contribution in [1.29, 1.82) is 0 Å². The molecular formula is C15H23NO. The van der Waals surface area contributed by atoms with E-state index < -0.39 is 0 Å². The first-order valence-corrected chi connectivity index (χ1v) is 6.09. The monoisotopic (exact) mass is 233 g/mol. The summed E-state index contributed by atoms with van der Waals surface area (Å²) in [5.41, 5.74) is 5.84. The molecule has 0 spiro atoms. The third-order valence-electron chi connectivity index (χ3n) is 3.15. The van der Waals surface area contributed by atoms with Gasteiger partial charge in [-0.25, -0.2) is 0 Å². The summed E-state index contributed by atoms with van der Waals surface area (Å²) in [4.78, 5) is 0. The second-order valence-electron chi connectivity index (χ2n) is 4.68. The van der Waals surface area contributed by atoms with Crippen LogP contribution in [0.3, 0.4) is 0 Å². The van der Waals surface area contributed by atoms with Crippen LogP contribution in [0, 0.1) is 11.8 Å². The third-order valence-corrected chi connectivity index (χ3v) is 3.15. The minimum Gasteiger partial charge on any atom is -0.501 e. The van der Waals surface area contributed by atoms with Gasteiger partial charge in [0.15, 0.2) is 0 Å². The molecule has 0 saturated heterocycles. The molecule has 0 aromatic rings. The number of hydrogen-bond donors (Lipinski definition) is 1. The molecule has 0 heterocycles. The fourth-order valence-corrected chi connectivity index (χ4v) is 2.17. The highest BCUT2D eigenvalue weighted by atomic mass is 16.5. The molecule has 1 rings (SSSR count). The average Bonchev–Trinajstić information content (AvgIpc) is 2.30. The Morgan fingerprint density at radius 2 is 2.35 bits per heavy atom. The van der Waals surface area contributed by atoms with Crippen LogP contribution in [0.1, 0.15) is 20.3 Å². The van der Waals surface area contributed by atoms with Gasteiger partial charge in [-0.15, -0.1) is 5.73 Å². The van der Waals surface area contributed by atoms with Crippen LogP contribution in [0.25, 0.3) is 0 Å². The molecule has 0 aliphatic heterocycles. The van der Waals surface area contributed by atoms with Crippen molar-refractivity contribution in [1.82, 2.24) is 5.32 Å². The Balaban J connectivity index is 2.99. The molecular weight excluding hydrogens is 210 g/mol.